The number of aliphatic hydroxyl groups is 1. The van der Waals surface area contributed by atoms with Crippen molar-refractivity contribution in [3.8, 4) is 0 Å². The van der Waals surface area contributed by atoms with Gasteiger partial charge in [-0.05, 0) is 18.9 Å². The zero-order valence-corrected chi connectivity index (χ0v) is 10.3. The molecule has 0 aromatic heterocycles. The van der Waals surface area contributed by atoms with Crippen LogP contribution in [0.3, 0.4) is 0 Å². The largest absolute Gasteiger partial charge is 0.481 e. The molecule has 0 aliphatic heterocycles. The Morgan fingerprint density at radius 3 is 2.89 bits per heavy atom. The molecule has 3 atom stereocenters. The number of hydrogen-bond donors (Lipinski definition) is 2. The Morgan fingerprint density at radius 1 is 1.56 bits per heavy atom. The fraction of sp³-hybridized carbons (Fsp3) is 0.538. The minimum Gasteiger partial charge on any atom is -0.481 e. The van der Waals surface area contributed by atoms with Crippen molar-refractivity contribution >= 4 is 12.3 Å². The van der Waals surface area contributed by atoms with E-state index in [4.69, 9.17) is 9.84 Å². The van der Waals surface area contributed by atoms with E-state index in [9.17, 15) is 14.7 Å². The third-order valence-electron chi connectivity index (χ3n) is 2.91. The predicted molar refractivity (Wildman–Crippen MR) is 65.1 cm³/mol. The van der Waals surface area contributed by atoms with Crippen LogP contribution in [0.5, 0.6) is 0 Å². The Bertz CT molecular complexity index is 360. The zero-order chi connectivity index (χ0) is 13.6. The maximum atomic E-state index is 10.8. The van der Waals surface area contributed by atoms with Crippen molar-refractivity contribution in [2.75, 3.05) is 6.61 Å². The van der Waals surface area contributed by atoms with Crippen LogP contribution >= 0.6 is 0 Å². The number of aliphatic carboxylic acids is 1. The van der Waals surface area contributed by atoms with Crippen LogP contribution < -0.4 is 0 Å². The third-order valence-corrected chi connectivity index (χ3v) is 2.91. The fourth-order valence-electron chi connectivity index (χ4n) is 1.64. The van der Waals surface area contributed by atoms with Crippen molar-refractivity contribution in [3.05, 3.63) is 24.3 Å². The van der Waals surface area contributed by atoms with Gasteiger partial charge in [-0.2, -0.15) is 0 Å². The summed E-state index contributed by atoms with van der Waals surface area (Å²) in [6.07, 6.45) is 7.07. The molecule has 0 amide bonds. The van der Waals surface area contributed by atoms with Gasteiger partial charge in [-0.1, -0.05) is 25.2 Å². The third kappa shape index (κ3) is 3.78. The highest BCUT2D eigenvalue weighted by Crippen LogP contribution is 2.19. The molecule has 5 nitrogen and oxygen atoms in total. The molecule has 1 aliphatic rings. The number of aldehydes is 1. The van der Waals surface area contributed by atoms with Gasteiger partial charge in [0.25, 0.3) is 0 Å². The summed E-state index contributed by atoms with van der Waals surface area (Å²) in [5.41, 5.74) is -1.62. The Balaban J connectivity index is 2.35. The summed E-state index contributed by atoms with van der Waals surface area (Å²) >= 11 is 0. The first kappa shape index (κ1) is 14.6. The van der Waals surface area contributed by atoms with E-state index in [2.05, 4.69) is 0 Å². The number of carboxylic acids is 1. The highest BCUT2D eigenvalue weighted by Gasteiger charge is 2.34. The lowest BCUT2D eigenvalue weighted by atomic mass is 9.94. The molecule has 0 fully saturated rings. The lowest BCUT2D eigenvalue weighted by molar-refractivity contribution is -0.141. The van der Waals surface area contributed by atoms with E-state index in [0.29, 0.717) is 25.7 Å². The van der Waals surface area contributed by atoms with E-state index in [1.165, 1.54) is 6.08 Å². The van der Waals surface area contributed by atoms with Crippen LogP contribution in [0.25, 0.3) is 0 Å². The average Bonchev–Trinajstić information content (AvgIpc) is 2.36. The number of hydrogen-bond acceptors (Lipinski definition) is 4. The molecule has 3 unspecified atom stereocenters. The molecule has 0 bridgehead atoms. The average molecular weight is 254 g/mol. The van der Waals surface area contributed by atoms with Gasteiger partial charge in [0, 0.05) is 6.61 Å². The van der Waals surface area contributed by atoms with Gasteiger partial charge < -0.3 is 14.9 Å². The first-order valence-corrected chi connectivity index (χ1v) is 5.89. The molecule has 5 heteroatoms. The van der Waals surface area contributed by atoms with Crippen molar-refractivity contribution in [1.29, 1.82) is 0 Å². The standard InChI is InChI=1S/C13H18O5/c1-10(12(15)16)5-4-8-18-11-6-2-3-7-13(11,17)9-14/h2-3,6-7,9-11,17H,4-5,8H2,1H3,(H,15,16). The molecule has 0 saturated heterocycles. The molecular weight excluding hydrogens is 236 g/mol. The molecule has 1 rings (SSSR count). The number of carbonyl (C=O) groups is 2. The van der Waals surface area contributed by atoms with E-state index in [0.717, 1.165) is 0 Å². The summed E-state index contributed by atoms with van der Waals surface area (Å²) in [5, 5.41) is 18.6. The first-order chi connectivity index (χ1) is 8.49. The molecule has 2 N–H and O–H groups in total. The van der Waals surface area contributed by atoms with E-state index in [1.54, 1.807) is 25.2 Å². The normalized spacial score (nSPS) is 28.0. The summed E-state index contributed by atoms with van der Waals surface area (Å²) in [6.45, 7) is 1.93. The summed E-state index contributed by atoms with van der Waals surface area (Å²) in [6, 6.07) is 0. The van der Waals surface area contributed by atoms with Gasteiger partial charge in [-0.15, -0.1) is 0 Å². The molecule has 100 valence electrons. The summed E-state index contributed by atoms with van der Waals surface area (Å²) in [5.74, 6) is -1.25. The highest BCUT2D eigenvalue weighted by atomic mass is 16.5. The summed E-state index contributed by atoms with van der Waals surface area (Å²) < 4.78 is 5.41. The van der Waals surface area contributed by atoms with Crippen LogP contribution in [0.15, 0.2) is 24.3 Å². The molecular formula is C13H18O5. The Kier molecular flexibility index (Phi) is 5.25. The molecule has 0 aromatic carbocycles. The van der Waals surface area contributed by atoms with Gasteiger partial charge in [0.05, 0.1) is 5.92 Å². The second-order valence-electron chi connectivity index (χ2n) is 4.42. The Labute approximate surface area is 106 Å². The molecule has 18 heavy (non-hydrogen) atoms. The van der Waals surface area contributed by atoms with Crippen LogP contribution in [0.2, 0.25) is 0 Å². The quantitative estimate of drug-likeness (QED) is 0.521. The number of carboxylic acid groups (broad SMARTS) is 1. The van der Waals surface area contributed by atoms with Gasteiger partial charge in [-0.25, -0.2) is 0 Å². The van der Waals surface area contributed by atoms with Crippen molar-refractivity contribution in [3.63, 3.8) is 0 Å². The van der Waals surface area contributed by atoms with Crippen LogP contribution in [-0.4, -0.2) is 40.8 Å². The van der Waals surface area contributed by atoms with Crippen LogP contribution in [0.1, 0.15) is 19.8 Å². The monoisotopic (exact) mass is 254 g/mol. The van der Waals surface area contributed by atoms with Gasteiger partial charge in [0.2, 0.25) is 0 Å². The molecule has 0 saturated carbocycles. The van der Waals surface area contributed by atoms with Crippen LogP contribution in [0, 0.1) is 5.92 Å². The van der Waals surface area contributed by atoms with Gasteiger partial charge >= 0.3 is 5.97 Å². The predicted octanol–water partition coefficient (Wildman–Crippen LogP) is 0.929. The van der Waals surface area contributed by atoms with E-state index < -0.39 is 23.6 Å². The van der Waals surface area contributed by atoms with Crippen LogP contribution in [0.4, 0.5) is 0 Å². The lowest BCUT2D eigenvalue weighted by Crippen LogP contribution is -2.43. The maximum Gasteiger partial charge on any atom is 0.306 e. The second-order valence-corrected chi connectivity index (χ2v) is 4.42. The molecule has 0 radical (unpaired) electrons. The first-order valence-electron chi connectivity index (χ1n) is 5.89. The number of allylic oxidation sites excluding steroid dienone is 2. The van der Waals surface area contributed by atoms with Crippen molar-refractivity contribution in [1.82, 2.24) is 0 Å². The molecule has 0 heterocycles. The SMILES string of the molecule is CC(CCCOC1C=CC=CC1(O)C=O)C(=O)O. The number of rotatable bonds is 7. The molecule has 1 aliphatic carbocycles. The summed E-state index contributed by atoms with van der Waals surface area (Å²) in [4.78, 5) is 21.4. The maximum absolute atomic E-state index is 10.8. The smallest absolute Gasteiger partial charge is 0.306 e. The molecule has 0 aromatic rings. The topological polar surface area (TPSA) is 83.8 Å². The van der Waals surface area contributed by atoms with Crippen molar-refractivity contribution in [2.45, 2.75) is 31.5 Å². The minimum absolute atomic E-state index is 0.302. The fourth-order valence-corrected chi connectivity index (χ4v) is 1.64. The van der Waals surface area contributed by atoms with Gasteiger partial charge in [0.1, 0.15) is 6.10 Å². The lowest BCUT2D eigenvalue weighted by Gasteiger charge is -2.28. The Morgan fingerprint density at radius 2 is 2.28 bits per heavy atom. The van der Waals surface area contributed by atoms with Crippen LogP contribution in [-0.2, 0) is 14.3 Å². The molecule has 0 spiro atoms. The summed E-state index contributed by atoms with van der Waals surface area (Å²) in [7, 11) is 0. The second kappa shape index (κ2) is 6.47. The highest BCUT2D eigenvalue weighted by molar-refractivity contribution is 5.69. The van der Waals surface area contributed by atoms with E-state index in [1.807, 2.05) is 0 Å². The van der Waals surface area contributed by atoms with Crippen molar-refractivity contribution in [2.24, 2.45) is 5.92 Å². The van der Waals surface area contributed by atoms with E-state index in [-0.39, 0.29) is 0 Å². The number of ether oxygens (including phenoxy) is 1. The van der Waals surface area contributed by atoms with Crippen molar-refractivity contribution < 1.29 is 24.5 Å². The number of carbonyl (C=O) groups excluding carboxylic acids is 1. The van der Waals surface area contributed by atoms with Gasteiger partial charge in [-0.3, -0.25) is 9.59 Å². The van der Waals surface area contributed by atoms with Gasteiger partial charge in [0.15, 0.2) is 11.9 Å². The minimum atomic E-state index is -1.62. The van der Waals surface area contributed by atoms with E-state index >= 15 is 0 Å². The zero-order valence-electron chi connectivity index (χ0n) is 10.3. The Hall–Kier alpha value is -1.46.